The van der Waals surface area contributed by atoms with Gasteiger partial charge in [0.15, 0.2) is 0 Å². The number of rotatable bonds is 9. The molecule has 0 aliphatic carbocycles. The molecule has 0 radical (unpaired) electrons. The van der Waals surface area contributed by atoms with Crippen molar-refractivity contribution in [2.24, 2.45) is 0 Å². The second kappa shape index (κ2) is 8.89. The van der Waals surface area contributed by atoms with Crippen LogP contribution in [0.25, 0.3) is 0 Å². The summed E-state index contributed by atoms with van der Waals surface area (Å²) in [5.74, 6) is -0.120. The number of hydrogen-bond acceptors (Lipinski definition) is 5. The highest BCUT2D eigenvalue weighted by Gasteiger charge is 2.14. The predicted octanol–water partition coefficient (Wildman–Crippen LogP) is 1.44. The Bertz CT molecular complexity index is 496. The van der Waals surface area contributed by atoms with Crippen molar-refractivity contribution in [3.05, 3.63) is 18.2 Å². The number of anilines is 1. The van der Waals surface area contributed by atoms with Gasteiger partial charge in [0.2, 0.25) is 5.91 Å². The highest BCUT2D eigenvalue weighted by Crippen LogP contribution is 2.25. The van der Waals surface area contributed by atoms with Gasteiger partial charge in [0.25, 0.3) is 0 Å². The van der Waals surface area contributed by atoms with Gasteiger partial charge in [0, 0.05) is 23.9 Å². The molecule has 7 heteroatoms. The van der Waals surface area contributed by atoms with Crippen molar-refractivity contribution < 1.29 is 24.2 Å². The van der Waals surface area contributed by atoms with E-state index in [0.717, 1.165) is 6.42 Å². The van der Waals surface area contributed by atoms with Crippen molar-refractivity contribution in [3.8, 4) is 11.5 Å². The van der Waals surface area contributed by atoms with Crippen LogP contribution in [0.15, 0.2) is 18.2 Å². The summed E-state index contributed by atoms with van der Waals surface area (Å²) in [6, 6.07) is 5.03. The molecule has 0 unspecified atom stereocenters. The number of amides is 1. The van der Waals surface area contributed by atoms with Gasteiger partial charge in [-0.25, -0.2) is 0 Å². The molecular weight excluding hydrogens is 288 g/mol. The molecule has 0 saturated heterocycles. The smallest absolute Gasteiger partial charge is 0.317 e. The zero-order chi connectivity index (χ0) is 16.5. The summed E-state index contributed by atoms with van der Waals surface area (Å²) in [5, 5.41) is 11.6. The van der Waals surface area contributed by atoms with E-state index in [4.69, 9.17) is 14.6 Å². The van der Waals surface area contributed by atoms with E-state index in [-0.39, 0.29) is 19.0 Å². The van der Waals surface area contributed by atoms with E-state index in [1.165, 1.54) is 14.2 Å². The Labute approximate surface area is 129 Å². The minimum Gasteiger partial charge on any atom is -0.497 e. The number of nitrogens with zero attached hydrogens (tertiary/aromatic N) is 1. The Kier molecular flexibility index (Phi) is 7.18. The van der Waals surface area contributed by atoms with Crippen LogP contribution in [0.2, 0.25) is 0 Å². The molecule has 1 rings (SSSR count). The highest BCUT2D eigenvalue weighted by atomic mass is 16.5. The van der Waals surface area contributed by atoms with Gasteiger partial charge in [0.05, 0.1) is 27.3 Å². The van der Waals surface area contributed by atoms with E-state index in [9.17, 15) is 9.59 Å². The molecule has 0 atom stereocenters. The number of ether oxygens (including phenoxy) is 2. The molecule has 0 bridgehead atoms. The number of aliphatic carboxylic acids is 1. The van der Waals surface area contributed by atoms with Gasteiger partial charge in [-0.3, -0.25) is 14.5 Å². The van der Waals surface area contributed by atoms with Crippen LogP contribution in [0, 0.1) is 0 Å². The van der Waals surface area contributed by atoms with Gasteiger partial charge in [-0.05, 0) is 13.0 Å². The van der Waals surface area contributed by atoms with Crippen LogP contribution >= 0.6 is 0 Å². The first-order chi connectivity index (χ1) is 10.5. The second-order valence-corrected chi connectivity index (χ2v) is 4.75. The quantitative estimate of drug-likeness (QED) is 0.717. The summed E-state index contributed by atoms with van der Waals surface area (Å²) in [7, 11) is 3.05. The maximum absolute atomic E-state index is 12.1. The normalized spacial score (nSPS) is 10.4. The maximum atomic E-state index is 12.1. The van der Waals surface area contributed by atoms with Crippen LogP contribution in [0.5, 0.6) is 11.5 Å². The fourth-order valence-corrected chi connectivity index (χ4v) is 2.00. The van der Waals surface area contributed by atoms with E-state index in [2.05, 4.69) is 5.32 Å². The Hall–Kier alpha value is -2.28. The van der Waals surface area contributed by atoms with Crippen LogP contribution in [0.3, 0.4) is 0 Å². The average molecular weight is 310 g/mol. The van der Waals surface area contributed by atoms with E-state index >= 15 is 0 Å². The minimum absolute atomic E-state index is 0.0136. The molecule has 1 aromatic carbocycles. The third-order valence-corrected chi connectivity index (χ3v) is 2.90. The molecule has 0 aliphatic rings. The van der Waals surface area contributed by atoms with Gasteiger partial charge in [-0.1, -0.05) is 6.92 Å². The first-order valence-corrected chi connectivity index (χ1v) is 6.95. The van der Waals surface area contributed by atoms with Gasteiger partial charge in [-0.2, -0.15) is 0 Å². The van der Waals surface area contributed by atoms with E-state index < -0.39 is 5.97 Å². The lowest BCUT2D eigenvalue weighted by atomic mass is 10.2. The summed E-state index contributed by atoms with van der Waals surface area (Å²) in [4.78, 5) is 24.4. The molecule has 0 saturated carbocycles. The number of carbonyl (C=O) groups excluding carboxylic acids is 1. The topological polar surface area (TPSA) is 88.1 Å². The summed E-state index contributed by atoms with van der Waals surface area (Å²) in [6.07, 6.45) is 0.771. The van der Waals surface area contributed by atoms with Crippen molar-refractivity contribution in [3.63, 3.8) is 0 Å². The number of carboxylic acids is 1. The van der Waals surface area contributed by atoms with Gasteiger partial charge in [0.1, 0.15) is 11.5 Å². The lowest BCUT2D eigenvalue weighted by Crippen LogP contribution is -2.37. The van der Waals surface area contributed by atoms with E-state index in [1.54, 1.807) is 23.1 Å². The lowest BCUT2D eigenvalue weighted by Gasteiger charge is -2.19. The summed E-state index contributed by atoms with van der Waals surface area (Å²) >= 11 is 0. The summed E-state index contributed by atoms with van der Waals surface area (Å²) in [6.45, 7) is 2.32. The molecule has 0 fully saturated rings. The van der Waals surface area contributed by atoms with Crippen LogP contribution in [0.4, 0.5) is 5.69 Å². The standard InChI is InChI=1S/C15H22N2O5/c1-4-5-17(10-15(19)20)9-14(18)16-11-6-12(21-2)8-13(7-11)22-3/h6-8H,4-5,9-10H2,1-3H3,(H,16,18)(H,19,20). The third-order valence-electron chi connectivity index (χ3n) is 2.90. The highest BCUT2D eigenvalue weighted by molar-refractivity contribution is 5.93. The molecule has 0 spiro atoms. The van der Waals surface area contributed by atoms with E-state index in [0.29, 0.717) is 23.7 Å². The molecule has 122 valence electrons. The SMILES string of the molecule is CCCN(CC(=O)O)CC(=O)Nc1cc(OC)cc(OC)c1. The number of hydrogen-bond donors (Lipinski definition) is 2. The van der Waals surface area contributed by atoms with Crippen LogP contribution in [-0.4, -0.2) is 55.7 Å². The van der Waals surface area contributed by atoms with Crippen LogP contribution in [-0.2, 0) is 9.59 Å². The van der Waals surface area contributed by atoms with Crippen molar-refractivity contribution >= 4 is 17.6 Å². The van der Waals surface area contributed by atoms with E-state index in [1.807, 2.05) is 6.92 Å². The Morgan fingerprint density at radius 2 is 1.73 bits per heavy atom. The molecule has 2 N–H and O–H groups in total. The van der Waals surface area contributed by atoms with Crippen molar-refractivity contribution in [2.75, 3.05) is 39.2 Å². The van der Waals surface area contributed by atoms with Crippen LogP contribution < -0.4 is 14.8 Å². The predicted molar refractivity (Wildman–Crippen MR) is 82.5 cm³/mol. The number of carbonyl (C=O) groups is 2. The molecule has 0 heterocycles. The molecular formula is C15H22N2O5. The largest absolute Gasteiger partial charge is 0.497 e. The molecule has 0 aliphatic heterocycles. The maximum Gasteiger partial charge on any atom is 0.317 e. The number of benzene rings is 1. The van der Waals surface area contributed by atoms with Gasteiger partial charge in [-0.15, -0.1) is 0 Å². The molecule has 0 aromatic heterocycles. The second-order valence-electron chi connectivity index (χ2n) is 4.75. The fraction of sp³-hybridized carbons (Fsp3) is 0.467. The zero-order valence-corrected chi connectivity index (χ0v) is 13.1. The van der Waals surface area contributed by atoms with Crippen molar-refractivity contribution in [1.29, 1.82) is 0 Å². The minimum atomic E-state index is -0.954. The summed E-state index contributed by atoms with van der Waals surface area (Å²) < 4.78 is 10.3. The zero-order valence-electron chi connectivity index (χ0n) is 13.1. The van der Waals surface area contributed by atoms with Gasteiger partial charge >= 0.3 is 5.97 Å². The first kappa shape index (κ1) is 17.8. The molecule has 1 aromatic rings. The van der Waals surface area contributed by atoms with Crippen molar-refractivity contribution in [1.82, 2.24) is 4.90 Å². The molecule has 22 heavy (non-hydrogen) atoms. The Balaban J connectivity index is 2.72. The third kappa shape index (κ3) is 6.01. The summed E-state index contributed by atoms with van der Waals surface area (Å²) in [5.41, 5.74) is 0.535. The lowest BCUT2D eigenvalue weighted by molar-refractivity contribution is -0.138. The average Bonchev–Trinajstić information content (AvgIpc) is 2.46. The van der Waals surface area contributed by atoms with Crippen LogP contribution in [0.1, 0.15) is 13.3 Å². The monoisotopic (exact) mass is 310 g/mol. The molecule has 7 nitrogen and oxygen atoms in total. The Morgan fingerprint density at radius 1 is 1.14 bits per heavy atom. The number of methoxy groups -OCH3 is 2. The van der Waals surface area contributed by atoms with Crippen molar-refractivity contribution in [2.45, 2.75) is 13.3 Å². The molecule has 1 amide bonds. The first-order valence-electron chi connectivity index (χ1n) is 6.95. The fourth-order valence-electron chi connectivity index (χ4n) is 2.00. The van der Waals surface area contributed by atoms with Gasteiger partial charge < -0.3 is 19.9 Å². The number of carboxylic acid groups (broad SMARTS) is 1. The number of nitrogens with one attached hydrogen (secondary N) is 1. The Morgan fingerprint density at radius 3 is 2.18 bits per heavy atom.